The molecule has 130 valence electrons. The number of nitriles is 1. The van der Waals surface area contributed by atoms with Gasteiger partial charge in [-0.2, -0.15) is 5.26 Å². The van der Waals surface area contributed by atoms with Crippen LogP contribution in [0.1, 0.15) is 37.0 Å². The molecule has 0 aliphatic rings. The molecule has 4 heteroatoms. The van der Waals surface area contributed by atoms with E-state index in [9.17, 15) is 4.79 Å². The van der Waals surface area contributed by atoms with E-state index in [1.54, 1.807) is 17.3 Å². The van der Waals surface area contributed by atoms with Gasteiger partial charge in [0, 0.05) is 25.5 Å². The van der Waals surface area contributed by atoms with Crippen molar-refractivity contribution in [1.82, 2.24) is 9.88 Å². The molecule has 0 N–H and O–H groups in total. The van der Waals surface area contributed by atoms with Crippen molar-refractivity contribution in [2.75, 3.05) is 6.54 Å². The topological polar surface area (TPSA) is 57.0 Å². The lowest BCUT2D eigenvalue weighted by Crippen LogP contribution is -2.32. The van der Waals surface area contributed by atoms with Crippen molar-refractivity contribution < 1.29 is 4.79 Å². The third-order valence-corrected chi connectivity index (χ3v) is 3.96. The number of pyridine rings is 1. The summed E-state index contributed by atoms with van der Waals surface area (Å²) in [4.78, 5) is 18.5. The fourth-order valence-electron chi connectivity index (χ4n) is 2.74. The highest BCUT2D eigenvalue weighted by Crippen LogP contribution is 2.12. The second kappa shape index (κ2) is 9.58. The predicted molar refractivity (Wildman–Crippen MR) is 98.6 cm³/mol. The third-order valence-electron chi connectivity index (χ3n) is 3.96. The molecule has 1 aromatic heterocycles. The molecule has 0 radical (unpaired) electrons. The number of rotatable bonds is 8. The van der Waals surface area contributed by atoms with Crippen LogP contribution in [0, 0.1) is 17.2 Å². The van der Waals surface area contributed by atoms with Gasteiger partial charge in [-0.05, 0) is 35.1 Å². The van der Waals surface area contributed by atoms with Crippen molar-refractivity contribution in [1.29, 1.82) is 5.26 Å². The van der Waals surface area contributed by atoms with Gasteiger partial charge in [-0.3, -0.25) is 9.78 Å². The summed E-state index contributed by atoms with van der Waals surface area (Å²) in [7, 11) is 0. The molecule has 0 unspecified atom stereocenters. The fraction of sp³-hybridized carbons (Fsp3) is 0.381. The Kier molecular flexibility index (Phi) is 7.16. The zero-order chi connectivity index (χ0) is 18.1. The fourth-order valence-corrected chi connectivity index (χ4v) is 2.74. The van der Waals surface area contributed by atoms with Crippen LogP contribution < -0.4 is 0 Å². The number of aromatic nitrogens is 1. The van der Waals surface area contributed by atoms with E-state index < -0.39 is 0 Å². The highest BCUT2D eigenvalue weighted by atomic mass is 16.2. The number of hydrogen-bond donors (Lipinski definition) is 0. The Hall–Kier alpha value is -2.67. The summed E-state index contributed by atoms with van der Waals surface area (Å²) in [5, 5.41) is 8.85. The van der Waals surface area contributed by atoms with Gasteiger partial charge in [0.25, 0.3) is 0 Å². The van der Waals surface area contributed by atoms with Crippen molar-refractivity contribution in [3.8, 4) is 6.07 Å². The van der Waals surface area contributed by atoms with Gasteiger partial charge in [0.2, 0.25) is 5.91 Å². The maximum absolute atomic E-state index is 12.7. The van der Waals surface area contributed by atoms with Crippen molar-refractivity contribution in [2.45, 2.75) is 39.7 Å². The third kappa shape index (κ3) is 6.39. The molecule has 0 spiro atoms. The van der Waals surface area contributed by atoms with Crippen LogP contribution in [0.3, 0.4) is 0 Å². The lowest BCUT2D eigenvalue weighted by molar-refractivity contribution is -0.131. The van der Waals surface area contributed by atoms with E-state index in [4.69, 9.17) is 5.26 Å². The second-order valence-corrected chi connectivity index (χ2v) is 6.68. The van der Waals surface area contributed by atoms with E-state index in [0.29, 0.717) is 31.8 Å². The van der Waals surface area contributed by atoms with Gasteiger partial charge < -0.3 is 4.90 Å². The van der Waals surface area contributed by atoms with Crippen molar-refractivity contribution in [2.24, 2.45) is 5.92 Å². The Bertz CT molecular complexity index is 702. The van der Waals surface area contributed by atoms with Crippen LogP contribution in [-0.2, 0) is 24.2 Å². The molecular formula is C21H25N3O. The van der Waals surface area contributed by atoms with E-state index in [0.717, 1.165) is 17.5 Å². The number of amides is 1. The molecule has 0 aliphatic heterocycles. The number of benzene rings is 1. The molecule has 0 aliphatic carbocycles. The van der Waals surface area contributed by atoms with E-state index in [1.165, 1.54) is 5.56 Å². The largest absolute Gasteiger partial charge is 0.337 e. The van der Waals surface area contributed by atoms with Crippen LogP contribution in [0.4, 0.5) is 0 Å². The SMILES string of the molecule is CC(C)Cc1ccc(CC(=O)N(CCC#N)Cc2cccnc2)cc1. The van der Waals surface area contributed by atoms with Crippen LogP contribution in [-0.4, -0.2) is 22.3 Å². The van der Waals surface area contributed by atoms with Crippen LogP contribution in [0.2, 0.25) is 0 Å². The average Bonchev–Trinajstić information content (AvgIpc) is 2.60. The minimum Gasteiger partial charge on any atom is -0.337 e. The van der Waals surface area contributed by atoms with Gasteiger partial charge >= 0.3 is 0 Å². The predicted octanol–water partition coefficient (Wildman–Crippen LogP) is 3.77. The Morgan fingerprint density at radius 3 is 2.48 bits per heavy atom. The number of carbonyl (C=O) groups excluding carboxylic acids is 1. The highest BCUT2D eigenvalue weighted by molar-refractivity contribution is 5.78. The van der Waals surface area contributed by atoms with E-state index >= 15 is 0 Å². The minimum absolute atomic E-state index is 0.0377. The zero-order valence-corrected chi connectivity index (χ0v) is 15.0. The van der Waals surface area contributed by atoms with Crippen LogP contribution in [0.5, 0.6) is 0 Å². The molecule has 4 nitrogen and oxygen atoms in total. The summed E-state index contributed by atoms with van der Waals surface area (Å²) in [6.45, 7) is 5.32. The summed E-state index contributed by atoms with van der Waals surface area (Å²) in [5.74, 6) is 0.657. The molecule has 0 saturated carbocycles. The van der Waals surface area contributed by atoms with Crippen molar-refractivity contribution in [3.05, 3.63) is 65.5 Å². The summed E-state index contributed by atoms with van der Waals surface area (Å²) in [6, 6.07) is 14.2. The van der Waals surface area contributed by atoms with Crippen molar-refractivity contribution in [3.63, 3.8) is 0 Å². The number of nitrogens with zero attached hydrogens (tertiary/aromatic N) is 3. The Labute approximate surface area is 150 Å². The Morgan fingerprint density at radius 2 is 1.88 bits per heavy atom. The summed E-state index contributed by atoms with van der Waals surface area (Å²) in [5.41, 5.74) is 3.27. The molecule has 0 fully saturated rings. The molecule has 2 aromatic rings. The maximum atomic E-state index is 12.7. The standard InChI is InChI=1S/C21H25N3O/c1-17(2)13-18-6-8-19(9-7-18)14-21(25)24(12-4-10-22)16-20-5-3-11-23-15-20/h3,5-9,11,15,17H,4,12-14,16H2,1-2H3. The molecule has 1 amide bonds. The van der Waals surface area contributed by atoms with Crippen LogP contribution in [0.25, 0.3) is 0 Å². The van der Waals surface area contributed by atoms with Gasteiger partial charge in [0.05, 0.1) is 18.9 Å². The van der Waals surface area contributed by atoms with Gasteiger partial charge in [-0.15, -0.1) is 0 Å². The first-order valence-electron chi connectivity index (χ1n) is 8.70. The van der Waals surface area contributed by atoms with Crippen molar-refractivity contribution >= 4 is 5.91 Å². The molecule has 1 heterocycles. The van der Waals surface area contributed by atoms with Crippen LogP contribution in [0.15, 0.2) is 48.8 Å². The lowest BCUT2D eigenvalue weighted by atomic mass is 10.0. The van der Waals surface area contributed by atoms with E-state index in [-0.39, 0.29) is 5.91 Å². The Morgan fingerprint density at radius 1 is 1.16 bits per heavy atom. The number of hydrogen-bond acceptors (Lipinski definition) is 3. The molecule has 1 aromatic carbocycles. The maximum Gasteiger partial charge on any atom is 0.227 e. The average molecular weight is 335 g/mol. The summed E-state index contributed by atoms with van der Waals surface area (Å²) >= 11 is 0. The van der Waals surface area contributed by atoms with E-state index in [2.05, 4.69) is 37.0 Å². The van der Waals surface area contributed by atoms with Gasteiger partial charge in [-0.25, -0.2) is 0 Å². The van der Waals surface area contributed by atoms with E-state index in [1.807, 2.05) is 24.3 Å². The monoisotopic (exact) mass is 335 g/mol. The Balaban J connectivity index is 2.02. The first-order valence-corrected chi connectivity index (χ1v) is 8.70. The highest BCUT2D eigenvalue weighted by Gasteiger charge is 2.14. The normalized spacial score (nSPS) is 10.5. The van der Waals surface area contributed by atoms with Gasteiger partial charge in [0.15, 0.2) is 0 Å². The minimum atomic E-state index is 0.0377. The first kappa shape index (κ1) is 18.7. The molecule has 0 bridgehead atoms. The molecule has 2 rings (SSSR count). The molecule has 0 atom stereocenters. The van der Waals surface area contributed by atoms with Gasteiger partial charge in [-0.1, -0.05) is 44.2 Å². The lowest BCUT2D eigenvalue weighted by Gasteiger charge is -2.22. The van der Waals surface area contributed by atoms with Crippen LogP contribution >= 0.6 is 0 Å². The number of carbonyl (C=O) groups is 1. The molecular weight excluding hydrogens is 310 g/mol. The second-order valence-electron chi connectivity index (χ2n) is 6.68. The summed E-state index contributed by atoms with van der Waals surface area (Å²) < 4.78 is 0. The summed E-state index contributed by atoms with van der Waals surface area (Å²) in [6.07, 6.45) is 5.20. The quantitative estimate of drug-likeness (QED) is 0.738. The molecule has 25 heavy (non-hydrogen) atoms. The molecule has 0 saturated heterocycles. The van der Waals surface area contributed by atoms with Gasteiger partial charge in [0.1, 0.15) is 0 Å². The zero-order valence-electron chi connectivity index (χ0n) is 15.0. The smallest absolute Gasteiger partial charge is 0.227 e. The first-order chi connectivity index (χ1) is 12.1.